The van der Waals surface area contributed by atoms with Gasteiger partial charge >= 0.3 is 0 Å². The van der Waals surface area contributed by atoms with Gasteiger partial charge in [0.25, 0.3) is 0 Å². The molecule has 5 atom stereocenters. The second-order valence-corrected chi connectivity index (χ2v) is 8.10. The molecule has 0 bridgehead atoms. The third-order valence-corrected chi connectivity index (χ3v) is 4.89. The van der Waals surface area contributed by atoms with Crippen LogP contribution in [-0.4, -0.2) is 94.9 Å². The van der Waals surface area contributed by atoms with Gasteiger partial charge in [-0.15, -0.1) is 0 Å². The highest BCUT2D eigenvalue weighted by atomic mass is 16.7. The van der Waals surface area contributed by atoms with Crippen molar-refractivity contribution in [1.29, 1.82) is 0 Å². The van der Waals surface area contributed by atoms with Crippen molar-refractivity contribution in [3.05, 3.63) is 30.0 Å². The molecule has 1 saturated heterocycles. The molecule has 0 radical (unpaired) electrons. The first-order valence-electron chi connectivity index (χ1n) is 9.07. The molecule has 1 fully saturated rings. The molecular weight excluding hydrogens is 352 g/mol. The number of ether oxygens (including phenoxy) is 2. The van der Waals surface area contributed by atoms with Crippen LogP contribution < -0.4 is 4.74 Å². The third kappa shape index (κ3) is 4.43. The van der Waals surface area contributed by atoms with E-state index in [4.69, 9.17) is 9.47 Å². The Morgan fingerprint density at radius 2 is 1.85 bits per heavy atom. The number of fused-ring (bicyclic) bond motifs is 1. The first-order chi connectivity index (χ1) is 12.7. The molecule has 0 saturated carbocycles. The number of benzene rings is 1. The maximum atomic E-state index is 10.1. The number of nitrogens with one attached hydrogen (secondary N) is 1. The van der Waals surface area contributed by atoms with Crippen molar-refractivity contribution in [3.63, 3.8) is 0 Å². The molecule has 5 N–H and O–H groups in total. The highest BCUT2D eigenvalue weighted by Gasteiger charge is 2.44. The Balaban J connectivity index is 1.78. The average Bonchev–Trinajstić information content (AvgIpc) is 3.02. The van der Waals surface area contributed by atoms with Crippen LogP contribution in [0.4, 0.5) is 0 Å². The minimum absolute atomic E-state index is 0.470. The van der Waals surface area contributed by atoms with Crippen LogP contribution in [0.2, 0.25) is 0 Å². The Labute approximate surface area is 158 Å². The van der Waals surface area contributed by atoms with E-state index in [9.17, 15) is 20.4 Å². The average molecular weight is 381 g/mol. The predicted octanol–water partition coefficient (Wildman–Crippen LogP) is -0.405. The number of aromatic nitrogens is 1. The first kappa shape index (κ1) is 20.1. The molecule has 0 amide bonds. The molecule has 1 aromatic carbocycles. The Morgan fingerprint density at radius 3 is 2.52 bits per heavy atom. The van der Waals surface area contributed by atoms with Crippen LogP contribution in [-0.2, 0) is 11.2 Å². The van der Waals surface area contributed by atoms with Crippen molar-refractivity contribution >= 4 is 10.9 Å². The monoisotopic (exact) mass is 381 g/mol. The van der Waals surface area contributed by atoms with E-state index in [1.165, 1.54) is 0 Å². The van der Waals surface area contributed by atoms with Gasteiger partial charge in [-0.05, 0) is 23.8 Å². The van der Waals surface area contributed by atoms with Crippen LogP contribution in [0.5, 0.6) is 5.75 Å². The minimum Gasteiger partial charge on any atom is -0.462 e. The Kier molecular flexibility index (Phi) is 5.76. The van der Waals surface area contributed by atoms with Gasteiger partial charge in [0.05, 0.1) is 34.3 Å². The fourth-order valence-corrected chi connectivity index (χ4v) is 3.19. The predicted molar refractivity (Wildman–Crippen MR) is 99.3 cm³/mol. The molecule has 150 valence electrons. The van der Waals surface area contributed by atoms with Gasteiger partial charge in [-0.3, -0.25) is 0 Å². The summed E-state index contributed by atoms with van der Waals surface area (Å²) in [6, 6.07) is 5.48. The molecular formula is C19H29N2O6+. The van der Waals surface area contributed by atoms with E-state index in [-0.39, 0.29) is 0 Å². The number of rotatable bonds is 6. The van der Waals surface area contributed by atoms with E-state index < -0.39 is 37.3 Å². The van der Waals surface area contributed by atoms with E-state index in [0.29, 0.717) is 5.75 Å². The normalized spacial score (nSPS) is 29.2. The molecule has 2 heterocycles. The van der Waals surface area contributed by atoms with E-state index in [1.54, 1.807) is 6.07 Å². The summed E-state index contributed by atoms with van der Waals surface area (Å²) >= 11 is 0. The molecule has 1 aliphatic heterocycles. The summed E-state index contributed by atoms with van der Waals surface area (Å²) in [5, 5.41) is 40.2. The smallest absolute Gasteiger partial charge is 0.229 e. The standard InChI is InChI=1S/C19H29N2O6/c1-21(2,3)7-6-11-9-20-14-5-4-12(8-13(11)14)26-19-18(25)17(24)16(23)15(10-22)27-19/h4-5,8-9,15-20,22-25H,6-7,10H2,1-3H3/q+1/t15-,16-,17+,18-,19-/m1/s1. The van der Waals surface area contributed by atoms with Crippen molar-refractivity contribution in [3.8, 4) is 5.75 Å². The lowest BCUT2D eigenvalue weighted by molar-refractivity contribution is -0.870. The number of aliphatic hydroxyl groups excluding tert-OH is 4. The third-order valence-electron chi connectivity index (χ3n) is 4.89. The zero-order chi connectivity index (χ0) is 19.8. The molecule has 0 aliphatic carbocycles. The van der Waals surface area contributed by atoms with E-state index >= 15 is 0 Å². The van der Waals surface area contributed by atoms with Crippen LogP contribution in [0, 0.1) is 0 Å². The van der Waals surface area contributed by atoms with Crippen molar-refractivity contribution in [2.24, 2.45) is 0 Å². The van der Waals surface area contributed by atoms with Gasteiger partial charge in [-0.1, -0.05) is 0 Å². The van der Waals surface area contributed by atoms with Gasteiger partial charge in [-0.25, -0.2) is 0 Å². The molecule has 3 rings (SSSR count). The van der Waals surface area contributed by atoms with Gasteiger partial charge in [-0.2, -0.15) is 0 Å². The van der Waals surface area contributed by atoms with Crippen LogP contribution in [0.3, 0.4) is 0 Å². The van der Waals surface area contributed by atoms with Crippen LogP contribution in [0.1, 0.15) is 5.56 Å². The van der Waals surface area contributed by atoms with E-state index in [0.717, 1.165) is 33.9 Å². The molecule has 8 heteroatoms. The highest BCUT2D eigenvalue weighted by Crippen LogP contribution is 2.28. The van der Waals surface area contributed by atoms with E-state index in [2.05, 4.69) is 26.1 Å². The fourth-order valence-electron chi connectivity index (χ4n) is 3.19. The number of hydrogen-bond acceptors (Lipinski definition) is 6. The summed E-state index contributed by atoms with van der Waals surface area (Å²) in [5.41, 5.74) is 2.14. The molecule has 8 nitrogen and oxygen atoms in total. The molecule has 1 aromatic heterocycles. The largest absolute Gasteiger partial charge is 0.462 e. The second kappa shape index (κ2) is 7.75. The maximum Gasteiger partial charge on any atom is 0.229 e. The fraction of sp³-hybridized carbons (Fsp3) is 0.579. The molecule has 27 heavy (non-hydrogen) atoms. The SMILES string of the molecule is C[N+](C)(C)CCc1c[nH]c2ccc(O[C@@H]3O[C@H](CO)[C@@H](O)[C@H](O)[C@H]3O)cc12. The van der Waals surface area contributed by atoms with Crippen molar-refractivity contribution in [2.75, 3.05) is 34.3 Å². The lowest BCUT2D eigenvalue weighted by atomic mass is 9.99. The molecule has 0 spiro atoms. The summed E-state index contributed by atoms with van der Waals surface area (Å²) in [6.45, 7) is 0.488. The zero-order valence-electron chi connectivity index (χ0n) is 15.9. The molecule has 0 unspecified atom stereocenters. The van der Waals surface area contributed by atoms with Crippen molar-refractivity contribution in [1.82, 2.24) is 4.98 Å². The number of hydrogen-bond donors (Lipinski definition) is 5. The Bertz CT molecular complexity index is 769. The molecule has 2 aromatic rings. The van der Waals surface area contributed by atoms with Gasteiger partial charge in [0.1, 0.15) is 30.2 Å². The lowest BCUT2D eigenvalue weighted by Crippen LogP contribution is -2.60. The summed E-state index contributed by atoms with van der Waals surface area (Å²) in [5.74, 6) is 0.470. The van der Waals surface area contributed by atoms with Crippen LogP contribution in [0.25, 0.3) is 10.9 Å². The number of aliphatic hydroxyl groups is 4. The van der Waals surface area contributed by atoms with Gasteiger partial charge in [0.2, 0.25) is 6.29 Å². The quantitative estimate of drug-likeness (QED) is 0.435. The van der Waals surface area contributed by atoms with Crippen molar-refractivity contribution in [2.45, 2.75) is 37.1 Å². The number of quaternary nitrogens is 1. The van der Waals surface area contributed by atoms with Gasteiger partial charge < -0.3 is 39.4 Å². The lowest BCUT2D eigenvalue weighted by Gasteiger charge is -2.39. The summed E-state index contributed by atoms with van der Waals surface area (Å²) in [4.78, 5) is 3.24. The van der Waals surface area contributed by atoms with Gasteiger partial charge in [0.15, 0.2) is 0 Å². The Morgan fingerprint density at radius 1 is 1.11 bits per heavy atom. The highest BCUT2D eigenvalue weighted by molar-refractivity contribution is 5.84. The van der Waals surface area contributed by atoms with E-state index in [1.807, 2.05) is 18.3 Å². The van der Waals surface area contributed by atoms with Crippen LogP contribution in [0.15, 0.2) is 24.4 Å². The second-order valence-electron chi connectivity index (χ2n) is 8.10. The number of likely N-dealkylation sites (N-methyl/N-ethyl adjacent to an activating group) is 1. The maximum absolute atomic E-state index is 10.1. The molecule has 1 aliphatic rings. The zero-order valence-corrected chi connectivity index (χ0v) is 15.9. The number of H-pyrrole nitrogens is 1. The van der Waals surface area contributed by atoms with Crippen LogP contribution >= 0.6 is 0 Å². The summed E-state index contributed by atoms with van der Waals surface area (Å²) in [7, 11) is 6.42. The number of aromatic amines is 1. The van der Waals surface area contributed by atoms with Crippen molar-refractivity contribution < 1.29 is 34.4 Å². The number of nitrogens with zero attached hydrogens (tertiary/aromatic N) is 1. The first-order valence-corrected chi connectivity index (χ1v) is 9.07. The summed E-state index contributed by atoms with van der Waals surface area (Å²) in [6.07, 6.45) is -3.60. The van der Waals surface area contributed by atoms with Gasteiger partial charge in [0, 0.05) is 23.5 Å². The Hall–Kier alpha value is -1.68. The summed E-state index contributed by atoms with van der Waals surface area (Å²) < 4.78 is 12.0. The minimum atomic E-state index is -1.46. The topological polar surface area (TPSA) is 115 Å².